The second-order valence-corrected chi connectivity index (χ2v) is 5.93. The van der Waals surface area contributed by atoms with Crippen molar-refractivity contribution < 1.29 is 19.8 Å². The molecule has 6 nitrogen and oxygen atoms in total. The molecule has 0 fully saturated rings. The van der Waals surface area contributed by atoms with E-state index in [2.05, 4.69) is 17.6 Å². The largest absolute Gasteiger partial charge is 0.480 e. The van der Waals surface area contributed by atoms with Crippen LogP contribution in [-0.4, -0.2) is 46.2 Å². The minimum Gasteiger partial charge on any atom is -0.480 e. The summed E-state index contributed by atoms with van der Waals surface area (Å²) in [4.78, 5) is 23.5. The van der Waals surface area contributed by atoms with E-state index < -0.39 is 24.2 Å². The van der Waals surface area contributed by atoms with Crippen LogP contribution in [0.25, 0.3) is 0 Å². The summed E-state index contributed by atoms with van der Waals surface area (Å²) in [6.45, 7) is 5.06. The van der Waals surface area contributed by atoms with E-state index in [0.29, 0.717) is 11.6 Å². The van der Waals surface area contributed by atoms with Crippen molar-refractivity contribution in [2.24, 2.45) is 0 Å². The molecule has 1 aliphatic heterocycles. The summed E-state index contributed by atoms with van der Waals surface area (Å²) in [5.41, 5.74) is 2.68. The number of hydrogen-bond donors (Lipinski definition) is 4. The molecule has 2 rings (SSSR count). The van der Waals surface area contributed by atoms with Crippen LogP contribution in [0.5, 0.6) is 0 Å². The highest BCUT2D eigenvalue weighted by molar-refractivity contribution is 6.00. The molecule has 0 saturated carbocycles. The van der Waals surface area contributed by atoms with Crippen molar-refractivity contribution in [1.29, 1.82) is 0 Å². The van der Waals surface area contributed by atoms with E-state index in [1.165, 1.54) is 6.92 Å². The van der Waals surface area contributed by atoms with Crippen molar-refractivity contribution in [1.82, 2.24) is 5.32 Å². The first-order valence-electron chi connectivity index (χ1n) is 7.40. The highest BCUT2D eigenvalue weighted by atomic mass is 16.4. The molecule has 4 unspecified atom stereocenters. The van der Waals surface area contributed by atoms with Gasteiger partial charge in [0.25, 0.3) is 0 Å². The van der Waals surface area contributed by atoms with E-state index in [9.17, 15) is 14.7 Å². The van der Waals surface area contributed by atoms with Crippen LogP contribution < -0.4 is 10.6 Å². The lowest BCUT2D eigenvalue weighted by atomic mass is 10.00. The summed E-state index contributed by atoms with van der Waals surface area (Å²) < 4.78 is 0. The zero-order valence-electron chi connectivity index (χ0n) is 13.0. The Kier molecular flexibility index (Phi) is 4.83. The van der Waals surface area contributed by atoms with Crippen molar-refractivity contribution in [2.75, 3.05) is 5.32 Å². The monoisotopic (exact) mass is 306 g/mol. The molecule has 0 radical (unpaired) electrons. The van der Waals surface area contributed by atoms with E-state index in [1.54, 1.807) is 13.0 Å². The van der Waals surface area contributed by atoms with E-state index >= 15 is 0 Å². The maximum absolute atomic E-state index is 12.4. The Labute approximate surface area is 129 Å². The number of nitrogens with one attached hydrogen (secondary N) is 2. The minimum atomic E-state index is -1.18. The van der Waals surface area contributed by atoms with Crippen molar-refractivity contribution >= 4 is 17.4 Å². The number of benzene rings is 1. The number of fused-ring (bicyclic) bond motifs is 1. The second-order valence-electron chi connectivity index (χ2n) is 5.93. The third-order valence-electron chi connectivity index (χ3n) is 3.89. The summed E-state index contributed by atoms with van der Waals surface area (Å²) in [6.07, 6.45) is -0.221. The third kappa shape index (κ3) is 3.45. The predicted molar refractivity (Wildman–Crippen MR) is 83.3 cm³/mol. The Morgan fingerprint density at radius 1 is 1.36 bits per heavy atom. The minimum absolute atomic E-state index is 0.186. The van der Waals surface area contributed by atoms with Crippen LogP contribution in [-0.2, 0) is 11.2 Å². The molecule has 0 amide bonds. The summed E-state index contributed by atoms with van der Waals surface area (Å²) in [7, 11) is 0. The SMILES string of the molecule is CC1Cc2cc(C(=O)C(C)NC(C(=O)O)C(C)O)ccc2N1. The van der Waals surface area contributed by atoms with Gasteiger partial charge in [-0.3, -0.25) is 14.9 Å². The van der Waals surface area contributed by atoms with Gasteiger partial charge < -0.3 is 15.5 Å². The van der Waals surface area contributed by atoms with Crippen molar-refractivity contribution in [3.05, 3.63) is 29.3 Å². The predicted octanol–water partition coefficient (Wildman–Crippen LogP) is 1.04. The van der Waals surface area contributed by atoms with E-state index in [1.807, 2.05) is 12.1 Å². The van der Waals surface area contributed by atoms with Gasteiger partial charge >= 0.3 is 5.97 Å². The molecule has 120 valence electrons. The number of carboxylic acid groups (broad SMARTS) is 1. The van der Waals surface area contributed by atoms with E-state index in [-0.39, 0.29) is 5.78 Å². The van der Waals surface area contributed by atoms with Crippen molar-refractivity contribution in [3.8, 4) is 0 Å². The first-order valence-corrected chi connectivity index (χ1v) is 7.40. The first-order chi connectivity index (χ1) is 10.3. The molecule has 4 atom stereocenters. The summed E-state index contributed by atoms with van der Waals surface area (Å²) in [5.74, 6) is -1.36. The number of carbonyl (C=O) groups is 2. The molecule has 0 saturated heterocycles. The molecule has 0 aromatic heterocycles. The van der Waals surface area contributed by atoms with Gasteiger partial charge in [-0.2, -0.15) is 0 Å². The molecule has 0 aliphatic carbocycles. The molecule has 1 heterocycles. The topological polar surface area (TPSA) is 98.7 Å². The standard InChI is InChI=1S/C16H22N2O4/c1-8-6-12-7-11(4-5-13(12)17-8)15(20)9(2)18-14(10(3)19)16(21)22/h4-5,7-10,14,17-19H,6H2,1-3H3,(H,21,22). The average Bonchev–Trinajstić information content (AvgIpc) is 2.81. The number of ketones is 1. The maximum Gasteiger partial charge on any atom is 0.323 e. The lowest BCUT2D eigenvalue weighted by Crippen LogP contribution is -2.51. The summed E-state index contributed by atoms with van der Waals surface area (Å²) in [6, 6.07) is 3.95. The Morgan fingerprint density at radius 2 is 2.05 bits per heavy atom. The fourth-order valence-electron chi connectivity index (χ4n) is 2.71. The van der Waals surface area contributed by atoms with Crippen molar-refractivity contribution in [2.45, 2.75) is 51.4 Å². The van der Waals surface area contributed by atoms with Crippen LogP contribution in [0.4, 0.5) is 5.69 Å². The van der Waals surface area contributed by atoms with E-state index in [4.69, 9.17) is 5.11 Å². The number of aliphatic hydroxyl groups is 1. The number of carboxylic acids is 1. The Bertz CT molecular complexity index is 586. The van der Waals surface area contributed by atoms with Gasteiger partial charge in [0.1, 0.15) is 6.04 Å². The Morgan fingerprint density at radius 3 is 2.64 bits per heavy atom. The Hall–Kier alpha value is -1.92. The van der Waals surface area contributed by atoms with Crippen LogP contribution in [0, 0.1) is 0 Å². The van der Waals surface area contributed by atoms with Gasteiger partial charge in [0.2, 0.25) is 0 Å². The normalized spacial score (nSPS) is 20.6. The molecule has 22 heavy (non-hydrogen) atoms. The molecule has 1 aromatic rings. The van der Waals surface area contributed by atoms with Gasteiger partial charge in [0.05, 0.1) is 12.1 Å². The van der Waals surface area contributed by atoms with Crippen LogP contribution >= 0.6 is 0 Å². The first kappa shape index (κ1) is 16.5. The number of carbonyl (C=O) groups excluding carboxylic acids is 1. The fraction of sp³-hybridized carbons (Fsp3) is 0.500. The van der Waals surface area contributed by atoms with Crippen LogP contribution in [0.15, 0.2) is 18.2 Å². The number of anilines is 1. The van der Waals surface area contributed by atoms with Gasteiger partial charge in [-0.05, 0) is 51.0 Å². The molecule has 0 spiro atoms. The highest BCUT2D eigenvalue weighted by Gasteiger charge is 2.28. The molecule has 1 aromatic carbocycles. The van der Waals surface area contributed by atoms with Crippen LogP contribution in [0.2, 0.25) is 0 Å². The fourth-order valence-corrected chi connectivity index (χ4v) is 2.71. The molecule has 4 N–H and O–H groups in total. The third-order valence-corrected chi connectivity index (χ3v) is 3.89. The number of Topliss-reactive ketones (excluding diaryl/α,β-unsaturated/α-hetero) is 1. The van der Waals surface area contributed by atoms with Crippen LogP contribution in [0.1, 0.15) is 36.7 Å². The summed E-state index contributed by atoms with van der Waals surface area (Å²) in [5, 5.41) is 24.5. The van der Waals surface area contributed by atoms with E-state index in [0.717, 1.165) is 17.7 Å². The number of hydrogen-bond acceptors (Lipinski definition) is 5. The lowest BCUT2D eigenvalue weighted by Gasteiger charge is -2.21. The molecular formula is C16H22N2O4. The lowest BCUT2D eigenvalue weighted by molar-refractivity contribution is -0.142. The second kappa shape index (κ2) is 6.46. The number of aliphatic carboxylic acids is 1. The molecular weight excluding hydrogens is 284 g/mol. The summed E-state index contributed by atoms with van der Waals surface area (Å²) >= 11 is 0. The quantitative estimate of drug-likeness (QED) is 0.586. The number of aliphatic hydroxyl groups excluding tert-OH is 1. The number of rotatable bonds is 6. The zero-order chi connectivity index (χ0) is 16.4. The van der Waals surface area contributed by atoms with Gasteiger partial charge in [-0.15, -0.1) is 0 Å². The molecule has 6 heteroatoms. The van der Waals surface area contributed by atoms with Gasteiger partial charge in [0.15, 0.2) is 5.78 Å². The smallest absolute Gasteiger partial charge is 0.323 e. The highest BCUT2D eigenvalue weighted by Crippen LogP contribution is 2.26. The molecule has 0 bridgehead atoms. The average molecular weight is 306 g/mol. The molecule has 1 aliphatic rings. The Balaban J connectivity index is 2.11. The van der Waals surface area contributed by atoms with Gasteiger partial charge in [-0.25, -0.2) is 0 Å². The van der Waals surface area contributed by atoms with Gasteiger partial charge in [-0.1, -0.05) is 0 Å². The zero-order valence-corrected chi connectivity index (χ0v) is 13.0. The van der Waals surface area contributed by atoms with Crippen molar-refractivity contribution in [3.63, 3.8) is 0 Å². The maximum atomic E-state index is 12.4. The van der Waals surface area contributed by atoms with Gasteiger partial charge in [0, 0.05) is 17.3 Å². The van der Waals surface area contributed by atoms with Crippen LogP contribution in [0.3, 0.4) is 0 Å².